The standard InChI is InChI=1S/C16H28N4O2/c1-2-8-18-14(21)13-19-9-11-20(12-10-19)15(22)16(17)6-4-3-5-7-16/h2H,1,3-13,17H2,(H,18,21). The molecule has 0 aromatic carbocycles. The SMILES string of the molecule is C=CCNC(=O)CN1CCN(C(=O)C2(N)CCCCC2)CC1. The van der Waals surface area contributed by atoms with Gasteiger partial charge in [-0.15, -0.1) is 6.58 Å². The summed E-state index contributed by atoms with van der Waals surface area (Å²) in [6, 6.07) is 0. The van der Waals surface area contributed by atoms with Gasteiger partial charge in [-0.1, -0.05) is 25.3 Å². The van der Waals surface area contributed by atoms with Gasteiger partial charge < -0.3 is 16.0 Å². The van der Waals surface area contributed by atoms with Crippen molar-refractivity contribution in [2.75, 3.05) is 39.3 Å². The van der Waals surface area contributed by atoms with Crippen LogP contribution < -0.4 is 11.1 Å². The lowest BCUT2D eigenvalue weighted by Gasteiger charge is -2.40. The van der Waals surface area contributed by atoms with Crippen LogP contribution in [-0.2, 0) is 9.59 Å². The van der Waals surface area contributed by atoms with Gasteiger partial charge in [0.1, 0.15) is 0 Å². The topological polar surface area (TPSA) is 78.7 Å². The first-order valence-electron chi connectivity index (χ1n) is 8.23. The van der Waals surface area contributed by atoms with Crippen molar-refractivity contribution in [3.05, 3.63) is 12.7 Å². The van der Waals surface area contributed by atoms with Gasteiger partial charge in [0.05, 0.1) is 12.1 Å². The Hall–Kier alpha value is -1.40. The van der Waals surface area contributed by atoms with Gasteiger partial charge in [0.25, 0.3) is 0 Å². The molecule has 0 spiro atoms. The van der Waals surface area contributed by atoms with Gasteiger partial charge in [-0.2, -0.15) is 0 Å². The van der Waals surface area contributed by atoms with Gasteiger partial charge >= 0.3 is 0 Å². The van der Waals surface area contributed by atoms with Crippen LogP contribution in [0.2, 0.25) is 0 Å². The maximum atomic E-state index is 12.6. The molecule has 1 aliphatic heterocycles. The van der Waals surface area contributed by atoms with E-state index in [2.05, 4.69) is 16.8 Å². The number of amides is 2. The molecule has 1 saturated heterocycles. The van der Waals surface area contributed by atoms with Crippen molar-refractivity contribution in [2.45, 2.75) is 37.6 Å². The Morgan fingerprint density at radius 3 is 2.36 bits per heavy atom. The quantitative estimate of drug-likeness (QED) is 0.706. The zero-order valence-corrected chi connectivity index (χ0v) is 13.4. The summed E-state index contributed by atoms with van der Waals surface area (Å²) in [6.45, 7) is 7.22. The molecule has 2 aliphatic rings. The maximum Gasteiger partial charge on any atom is 0.242 e. The minimum absolute atomic E-state index is 0.00209. The summed E-state index contributed by atoms with van der Waals surface area (Å²) < 4.78 is 0. The summed E-state index contributed by atoms with van der Waals surface area (Å²) in [5.74, 6) is 0.102. The van der Waals surface area contributed by atoms with Crippen molar-refractivity contribution in [3.8, 4) is 0 Å². The number of hydrogen-bond donors (Lipinski definition) is 2. The molecule has 0 atom stereocenters. The van der Waals surface area contributed by atoms with Gasteiger partial charge in [0, 0.05) is 32.7 Å². The number of piperazine rings is 1. The fourth-order valence-corrected chi connectivity index (χ4v) is 3.27. The molecule has 6 heteroatoms. The number of carbonyl (C=O) groups is 2. The number of nitrogens with zero attached hydrogens (tertiary/aromatic N) is 2. The Balaban J connectivity index is 1.77. The zero-order valence-electron chi connectivity index (χ0n) is 13.4. The Kier molecular flexibility index (Phi) is 5.97. The highest BCUT2D eigenvalue weighted by molar-refractivity contribution is 5.86. The van der Waals surface area contributed by atoms with Crippen LogP contribution in [0.15, 0.2) is 12.7 Å². The molecule has 0 aromatic rings. The Morgan fingerprint density at radius 2 is 1.77 bits per heavy atom. The molecule has 0 aromatic heterocycles. The summed E-state index contributed by atoms with van der Waals surface area (Å²) >= 11 is 0. The van der Waals surface area contributed by atoms with E-state index in [0.29, 0.717) is 26.2 Å². The van der Waals surface area contributed by atoms with E-state index < -0.39 is 5.54 Å². The average molecular weight is 308 g/mol. The van der Waals surface area contributed by atoms with Crippen molar-refractivity contribution in [2.24, 2.45) is 5.73 Å². The summed E-state index contributed by atoms with van der Waals surface area (Å²) in [6.07, 6.45) is 6.54. The van der Waals surface area contributed by atoms with E-state index in [-0.39, 0.29) is 11.8 Å². The van der Waals surface area contributed by atoms with Crippen LogP contribution in [0.4, 0.5) is 0 Å². The summed E-state index contributed by atoms with van der Waals surface area (Å²) in [5, 5.41) is 2.77. The van der Waals surface area contributed by atoms with Crippen molar-refractivity contribution in [1.82, 2.24) is 15.1 Å². The normalized spacial score (nSPS) is 22.1. The highest BCUT2D eigenvalue weighted by Gasteiger charge is 2.39. The molecular weight excluding hydrogens is 280 g/mol. The minimum Gasteiger partial charge on any atom is -0.352 e. The lowest BCUT2D eigenvalue weighted by molar-refractivity contribution is -0.140. The summed E-state index contributed by atoms with van der Waals surface area (Å²) in [5.41, 5.74) is 5.67. The number of carbonyl (C=O) groups excluding carboxylic acids is 2. The molecule has 2 amide bonds. The predicted molar refractivity (Wildman–Crippen MR) is 86.2 cm³/mol. The second-order valence-corrected chi connectivity index (χ2v) is 6.38. The van der Waals surface area contributed by atoms with E-state index in [1.807, 2.05) is 4.90 Å². The third-order valence-corrected chi connectivity index (χ3v) is 4.64. The molecular formula is C16H28N4O2. The van der Waals surface area contributed by atoms with Crippen molar-refractivity contribution in [3.63, 3.8) is 0 Å². The molecule has 1 aliphatic carbocycles. The molecule has 22 heavy (non-hydrogen) atoms. The molecule has 3 N–H and O–H groups in total. The summed E-state index contributed by atoms with van der Waals surface area (Å²) in [7, 11) is 0. The number of hydrogen-bond acceptors (Lipinski definition) is 4. The fraction of sp³-hybridized carbons (Fsp3) is 0.750. The Morgan fingerprint density at radius 1 is 1.14 bits per heavy atom. The highest BCUT2D eigenvalue weighted by atomic mass is 16.2. The van der Waals surface area contributed by atoms with Crippen LogP contribution in [0.1, 0.15) is 32.1 Å². The molecule has 2 fully saturated rings. The predicted octanol–water partition coefficient (Wildman–Crippen LogP) is 0.0944. The lowest BCUT2D eigenvalue weighted by atomic mass is 9.81. The van der Waals surface area contributed by atoms with E-state index >= 15 is 0 Å². The van der Waals surface area contributed by atoms with Gasteiger partial charge in [-0.05, 0) is 12.8 Å². The van der Waals surface area contributed by atoms with Crippen LogP contribution >= 0.6 is 0 Å². The fourth-order valence-electron chi connectivity index (χ4n) is 3.27. The minimum atomic E-state index is -0.651. The van der Waals surface area contributed by atoms with E-state index in [4.69, 9.17) is 5.73 Å². The molecule has 1 saturated carbocycles. The molecule has 0 radical (unpaired) electrons. The highest BCUT2D eigenvalue weighted by Crippen LogP contribution is 2.28. The molecule has 0 unspecified atom stereocenters. The average Bonchev–Trinajstić information content (AvgIpc) is 2.53. The number of rotatable bonds is 5. The van der Waals surface area contributed by atoms with Gasteiger partial charge in [-0.3, -0.25) is 14.5 Å². The van der Waals surface area contributed by atoms with E-state index in [0.717, 1.165) is 38.8 Å². The first kappa shape index (κ1) is 17.0. The smallest absolute Gasteiger partial charge is 0.242 e. The second-order valence-electron chi connectivity index (χ2n) is 6.38. The first-order valence-corrected chi connectivity index (χ1v) is 8.23. The van der Waals surface area contributed by atoms with E-state index in [1.165, 1.54) is 6.42 Å². The van der Waals surface area contributed by atoms with Crippen LogP contribution in [0.5, 0.6) is 0 Å². The first-order chi connectivity index (χ1) is 10.5. The monoisotopic (exact) mass is 308 g/mol. The van der Waals surface area contributed by atoms with Crippen LogP contribution in [0, 0.1) is 0 Å². The van der Waals surface area contributed by atoms with E-state index in [1.54, 1.807) is 6.08 Å². The van der Waals surface area contributed by atoms with Gasteiger partial charge in [0.2, 0.25) is 11.8 Å². The zero-order chi connectivity index (χ0) is 16.0. The molecule has 6 nitrogen and oxygen atoms in total. The second kappa shape index (κ2) is 7.74. The van der Waals surface area contributed by atoms with Crippen LogP contribution in [0.25, 0.3) is 0 Å². The van der Waals surface area contributed by atoms with Crippen molar-refractivity contribution >= 4 is 11.8 Å². The molecule has 0 bridgehead atoms. The van der Waals surface area contributed by atoms with Crippen LogP contribution in [-0.4, -0.2) is 66.4 Å². The van der Waals surface area contributed by atoms with Crippen molar-refractivity contribution in [1.29, 1.82) is 0 Å². The Bertz CT molecular complexity index is 410. The van der Waals surface area contributed by atoms with Gasteiger partial charge in [0.15, 0.2) is 0 Å². The van der Waals surface area contributed by atoms with Crippen molar-refractivity contribution < 1.29 is 9.59 Å². The third kappa shape index (κ3) is 4.30. The summed E-state index contributed by atoms with van der Waals surface area (Å²) in [4.78, 5) is 28.3. The molecule has 2 rings (SSSR count). The maximum absolute atomic E-state index is 12.6. The van der Waals surface area contributed by atoms with Gasteiger partial charge in [-0.25, -0.2) is 0 Å². The largest absolute Gasteiger partial charge is 0.352 e. The number of nitrogens with one attached hydrogen (secondary N) is 1. The molecule has 124 valence electrons. The third-order valence-electron chi connectivity index (χ3n) is 4.64. The van der Waals surface area contributed by atoms with Crippen LogP contribution in [0.3, 0.4) is 0 Å². The lowest BCUT2D eigenvalue weighted by Crippen LogP contribution is -2.60. The number of nitrogens with two attached hydrogens (primary N) is 1. The molecule has 1 heterocycles. The van der Waals surface area contributed by atoms with E-state index in [9.17, 15) is 9.59 Å². The Labute approximate surface area is 132 Å².